The van der Waals surface area contributed by atoms with Crippen LogP contribution in [0.15, 0.2) is 60.7 Å². The quantitative estimate of drug-likeness (QED) is 0.660. The fourth-order valence-electron chi connectivity index (χ4n) is 2.70. The fourth-order valence-corrected chi connectivity index (χ4v) is 2.70. The van der Waals surface area contributed by atoms with Gasteiger partial charge in [-0.05, 0) is 33.3 Å². The van der Waals surface area contributed by atoms with Crippen molar-refractivity contribution < 1.29 is 0 Å². The average Bonchev–Trinajstić information content (AvgIpc) is 2.59. The lowest BCUT2D eigenvalue weighted by Crippen LogP contribution is -2.27. The number of nitrogens with zero attached hydrogens (tertiary/aromatic N) is 2. The lowest BCUT2D eigenvalue weighted by molar-refractivity contribution is 0.626. The maximum absolute atomic E-state index is 4.70. The van der Waals surface area contributed by atoms with Gasteiger partial charge in [-0.15, -0.1) is 0 Å². The van der Waals surface area contributed by atoms with Gasteiger partial charge in [-0.3, -0.25) is 0 Å². The van der Waals surface area contributed by atoms with Crippen LogP contribution >= 0.6 is 0 Å². The van der Waals surface area contributed by atoms with Gasteiger partial charge in [-0.2, -0.15) is 4.98 Å². The fraction of sp³-hybridized carbons (Fsp3) is 0.273. The summed E-state index contributed by atoms with van der Waals surface area (Å²) < 4.78 is 0. The van der Waals surface area contributed by atoms with Crippen molar-refractivity contribution in [2.24, 2.45) is 0 Å². The zero-order valence-corrected chi connectivity index (χ0v) is 15.9. The third-order valence-corrected chi connectivity index (χ3v) is 3.84. The van der Waals surface area contributed by atoms with Crippen LogP contribution in [0.5, 0.6) is 0 Å². The van der Waals surface area contributed by atoms with Gasteiger partial charge in [0.1, 0.15) is 5.82 Å². The first-order chi connectivity index (χ1) is 12.4. The van der Waals surface area contributed by atoms with Crippen LogP contribution in [-0.2, 0) is 6.54 Å². The molecule has 2 N–H and O–H groups in total. The highest BCUT2D eigenvalue weighted by Crippen LogP contribution is 2.23. The van der Waals surface area contributed by atoms with Crippen molar-refractivity contribution >= 4 is 11.8 Å². The van der Waals surface area contributed by atoms with Gasteiger partial charge in [-0.1, -0.05) is 60.2 Å². The Morgan fingerprint density at radius 2 is 1.65 bits per heavy atom. The average molecular weight is 346 g/mol. The molecule has 0 spiro atoms. The van der Waals surface area contributed by atoms with Crippen LogP contribution in [0, 0.1) is 6.92 Å². The molecule has 0 fully saturated rings. The number of nitrogens with one attached hydrogen (secondary N) is 2. The maximum atomic E-state index is 4.70. The van der Waals surface area contributed by atoms with E-state index in [1.807, 2.05) is 24.3 Å². The summed E-state index contributed by atoms with van der Waals surface area (Å²) in [6, 6.07) is 20.7. The van der Waals surface area contributed by atoms with E-state index < -0.39 is 0 Å². The Balaban J connectivity index is 1.89. The minimum atomic E-state index is -0.108. The molecule has 4 heteroatoms. The summed E-state index contributed by atoms with van der Waals surface area (Å²) in [6.45, 7) is 9.14. The molecular weight excluding hydrogens is 320 g/mol. The van der Waals surface area contributed by atoms with Gasteiger partial charge in [-0.25, -0.2) is 4.98 Å². The second-order valence-electron chi connectivity index (χ2n) is 7.55. The molecule has 0 saturated heterocycles. The summed E-state index contributed by atoms with van der Waals surface area (Å²) in [4.78, 5) is 9.34. The molecule has 0 saturated carbocycles. The number of hydrogen-bond acceptors (Lipinski definition) is 4. The van der Waals surface area contributed by atoms with Gasteiger partial charge in [0.25, 0.3) is 0 Å². The monoisotopic (exact) mass is 346 g/mol. The lowest BCUT2D eigenvalue weighted by Gasteiger charge is -2.21. The van der Waals surface area contributed by atoms with Gasteiger partial charge < -0.3 is 10.6 Å². The molecule has 0 aliphatic carbocycles. The van der Waals surface area contributed by atoms with E-state index in [1.54, 1.807) is 0 Å². The Kier molecular flexibility index (Phi) is 5.21. The van der Waals surface area contributed by atoms with E-state index in [0.717, 1.165) is 23.6 Å². The lowest BCUT2D eigenvalue weighted by atomic mass is 10.1. The van der Waals surface area contributed by atoms with E-state index in [9.17, 15) is 0 Å². The Hall–Kier alpha value is -2.88. The molecule has 2 aromatic carbocycles. The molecule has 0 atom stereocenters. The number of anilines is 2. The number of rotatable bonds is 5. The normalized spacial score (nSPS) is 11.2. The third kappa shape index (κ3) is 5.06. The van der Waals surface area contributed by atoms with Crippen LogP contribution in [-0.4, -0.2) is 15.5 Å². The number of aromatic nitrogens is 2. The van der Waals surface area contributed by atoms with Gasteiger partial charge >= 0.3 is 0 Å². The smallest absolute Gasteiger partial charge is 0.225 e. The van der Waals surface area contributed by atoms with Gasteiger partial charge in [0.2, 0.25) is 5.95 Å². The molecule has 0 aliphatic rings. The van der Waals surface area contributed by atoms with Crippen molar-refractivity contribution in [1.29, 1.82) is 0 Å². The van der Waals surface area contributed by atoms with Crippen LogP contribution in [0.3, 0.4) is 0 Å². The van der Waals surface area contributed by atoms with Crippen molar-refractivity contribution in [3.8, 4) is 11.3 Å². The van der Waals surface area contributed by atoms with E-state index in [4.69, 9.17) is 4.98 Å². The van der Waals surface area contributed by atoms with Crippen LogP contribution in [0.2, 0.25) is 0 Å². The highest BCUT2D eigenvalue weighted by Gasteiger charge is 2.13. The van der Waals surface area contributed by atoms with Crippen molar-refractivity contribution in [3.63, 3.8) is 0 Å². The van der Waals surface area contributed by atoms with E-state index in [1.165, 1.54) is 11.1 Å². The summed E-state index contributed by atoms with van der Waals surface area (Å²) in [7, 11) is 0. The molecular formula is C22H26N4. The van der Waals surface area contributed by atoms with Crippen molar-refractivity contribution in [2.45, 2.75) is 39.8 Å². The van der Waals surface area contributed by atoms with E-state index in [-0.39, 0.29) is 5.54 Å². The molecule has 1 aromatic heterocycles. The minimum Gasteiger partial charge on any atom is -0.366 e. The van der Waals surface area contributed by atoms with E-state index in [0.29, 0.717) is 5.95 Å². The van der Waals surface area contributed by atoms with Crippen LogP contribution in [0.4, 0.5) is 11.8 Å². The van der Waals surface area contributed by atoms with Crippen LogP contribution in [0.25, 0.3) is 11.3 Å². The largest absolute Gasteiger partial charge is 0.366 e. The maximum Gasteiger partial charge on any atom is 0.225 e. The number of aryl methyl sites for hydroxylation is 1. The highest BCUT2D eigenvalue weighted by atomic mass is 15.2. The van der Waals surface area contributed by atoms with Gasteiger partial charge in [0, 0.05) is 23.7 Å². The molecule has 1 heterocycles. The predicted molar refractivity (Wildman–Crippen MR) is 109 cm³/mol. The zero-order chi connectivity index (χ0) is 18.6. The van der Waals surface area contributed by atoms with Crippen molar-refractivity contribution in [2.75, 3.05) is 10.6 Å². The molecule has 4 nitrogen and oxygen atoms in total. The van der Waals surface area contributed by atoms with E-state index in [2.05, 4.69) is 79.7 Å². The van der Waals surface area contributed by atoms with Gasteiger partial charge in [0.05, 0.1) is 5.69 Å². The standard InChI is InChI=1S/C22H26N4/c1-16-9-8-10-17(13-16)15-23-20-14-19(18-11-6-5-7-12-18)24-21(25-20)26-22(2,3)4/h5-14H,15H2,1-4H3,(H2,23,24,25,26). The first-order valence-corrected chi connectivity index (χ1v) is 8.91. The first kappa shape index (κ1) is 17.9. The van der Waals surface area contributed by atoms with Crippen LogP contribution < -0.4 is 10.6 Å². The molecule has 0 unspecified atom stereocenters. The molecule has 0 aliphatic heterocycles. The van der Waals surface area contributed by atoms with Crippen molar-refractivity contribution in [1.82, 2.24) is 9.97 Å². The number of hydrogen-bond donors (Lipinski definition) is 2. The van der Waals surface area contributed by atoms with Crippen molar-refractivity contribution in [3.05, 3.63) is 71.8 Å². The minimum absolute atomic E-state index is 0.108. The second kappa shape index (κ2) is 7.56. The topological polar surface area (TPSA) is 49.8 Å². The van der Waals surface area contributed by atoms with Gasteiger partial charge in [0.15, 0.2) is 0 Å². The Labute approximate surface area is 155 Å². The molecule has 0 bridgehead atoms. The molecule has 26 heavy (non-hydrogen) atoms. The molecule has 0 amide bonds. The summed E-state index contributed by atoms with van der Waals surface area (Å²) in [5.41, 5.74) is 4.36. The SMILES string of the molecule is Cc1cccc(CNc2cc(-c3ccccc3)nc(NC(C)(C)C)n2)c1. The summed E-state index contributed by atoms with van der Waals surface area (Å²) in [6.07, 6.45) is 0. The summed E-state index contributed by atoms with van der Waals surface area (Å²) in [5, 5.41) is 6.81. The third-order valence-electron chi connectivity index (χ3n) is 3.84. The van der Waals surface area contributed by atoms with Crippen LogP contribution in [0.1, 0.15) is 31.9 Å². The molecule has 3 rings (SSSR count). The Morgan fingerprint density at radius 1 is 0.885 bits per heavy atom. The summed E-state index contributed by atoms with van der Waals surface area (Å²) in [5.74, 6) is 1.44. The summed E-state index contributed by atoms with van der Waals surface area (Å²) >= 11 is 0. The molecule has 134 valence electrons. The number of benzene rings is 2. The zero-order valence-electron chi connectivity index (χ0n) is 15.9. The predicted octanol–water partition coefficient (Wildman–Crippen LogP) is 5.27. The highest BCUT2D eigenvalue weighted by molar-refractivity contribution is 5.64. The molecule has 3 aromatic rings. The van der Waals surface area contributed by atoms with E-state index >= 15 is 0 Å². The Morgan fingerprint density at radius 3 is 2.35 bits per heavy atom. The Bertz CT molecular complexity index is 867. The first-order valence-electron chi connectivity index (χ1n) is 8.91. The second-order valence-corrected chi connectivity index (χ2v) is 7.55. The molecule has 0 radical (unpaired) electrons.